The molecule has 0 bridgehead atoms. The molecule has 0 aliphatic heterocycles. The van der Waals surface area contributed by atoms with Gasteiger partial charge in [-0.05, 0) is 69.6 Å². The molecule has 0 atom stereocenters. The quantitative estimate of drug-likeness (QED) is 0.159. The van der Waals surface area contributed by atoms with E-state index in [0.717, 1.165) is 16.7 Å². The summed E-state index contributed by atoms with van der Waals surface area (Å²) in [4.78, 5) is 9.11. The molecule has 228 valence electrons. The fourth-order valence-electron chi connectivity index (χ4n) is 5.10. The summed E-state index contributed by atoms with van der Waals surface area (Å²) in [5.41, 5.74) is 4.50. The maximum Gasteiger partial charge on any atom is 0.229 e. The van der Waals surface area contributed by atoms with Crippen molar-refractivity contribution in [2.45, 2.75) is 26.2 Å². The van der Waals surface area contributed by atoms with Crippen LogP contribution in [0.3, 0.4) is 0 Å². The fourth-order valence-corrected chi connectivity index (χ4v) is 6.55. The van der Waals surface area contributed by atoms with Crippen LogP contribution in [-0.2, 0) is 17.0 Å². The van der Waals surface area contributed by atoms with Crippen molar-refractivity contribution in [3.63, 3.8) is 0 Å². The molecule has 0 amide bonds. The van der Waals surface area contributed by atoms with E-state index in [1.54, 1.807) is 30.4 Å². The molecule has 0 aliphatic rings. The average molecular weight is 678 g/mol. The summed E-state index contributed by atoms with van der Waals surface area (Å²) in [5, 5.41) is 11.5. The lowest BCUT2D eigenvalue weighted by atomic mass is 9.81. The number of nitrogens with zero attached hydrogens (tertiary/aromatic N) is 4. The van der Waals surface area contributed by atoms with Crippen LogP contribution >= 0.6 is 23.1 Å². The highest BCUT2D eigenvalue weighted by Crippen LogP contribution is 2.44. The number of benzene rings is 3. The molecule has 44 heavy (non-hydrogen) atoms. The number of ether oxygens (including phenoxy) is 1. The van der Waals surface area contributed by atoms with Crippen LogP contribution in [0.1, 0.15) is 26.3 Å². The Bertz CT molecular complexity index is 1880. The predicted molar refractivity (Wildman–Crippen MR) is 181 cm³/mol. The Hall–Kier alpha value is -4.01. The summed E-state index contributed by atoms with van der Waals surface area (Å²) >= 11 is 3.54. The van der Waals surface area contributed by atoms with Crippen LogP contribution in [0.25, 0.3) is 22.3 Å². The second-order valence-electron chi connectivity index (χ2n) is 11.9. The topological polar surface area (TPSA) is 94.0 Å². The average Bonchev–Trinajstić information content (AvgIpc) is 3.40. The van der Waals surface area contributed by atoms with Crippen molar-refractivity contribution in [3.8, 4) is 28.0 Å². The van der Waals surface area contributed by atoms with Crippen molar-refractivity contribution in [3.05, 3.63) is 89.0 Å². The minimum absolute atomic E-state index is 0.0558. The van der Waals surface area contributed by atoms with E-state index in [4.69, 9.17) is 4.74 Å². The van der Waals surface area contributed by atoms with E-state index >= 15 is 4.39 Å². The molecule has 0 fully saturated rings. The van der Waals surface area contributed by atoms with Crippen LogP contribution in [-0.4, -0.2) is 40.2 Å². The lowest BCUT2D eigenvalue weighted by Crippen LogP contribution is -2.17. The summed E-state index contributed by atoms with van der Waals surface area (Å²) in [7, 11) is 0.562. The zero-order chi connectivity index (χ0) is 31.8. The SMILES string of the molecule is COc1c(Nc2ncc(Br)c(Nc3ccc(-c4ccccc4)cc3P(C)(C)=O)n2)cc(-c2cnn(C)c2)c(C(C)(C)C)c1F. The lowest BCUT2D eigenvalue weighted by Gasteiger charge is -2.26. The van der Waals surface area contributed by atoms with Gasteiger partial charge in [0.1, 0.15) is 13.0 Å². The van der Waals surface area contributed by atoms with Crippen molar-refractivity contribution < 1.29 is 13.7 Å². The smallest absolute Gasteiger partial charge is 0.229 e. The van der Waals surface area contributed by atoms with Crippen molar-refractivity contribution in [2.75, 3.05) is 31.1 Å². The Morgan fingerprint density at radius 1 is 0.955 bits per heavy atom. The second-order valence-corrected chi connectivity index (χ2v) is 16.0. The number of aryl methyl sites for hydroxylation is 1. The predicted octanol–water partition coefficient (Wildman–Crippen LogP) is 8.49. The molecule has 2 heterocycles. The Morgan fingerprint density at radius 2 is 1.68 bits per heavy atom. The monoisotopic (exact) mass is 676 g/mol. The van der Waals surface area contributed by atoms with E-state index in [1.807, 2.05) is 88.6 Å². The molecule has 3 aromatic carbocycles. The van der Waals surface area contributed by atoms with Gasteiger partial charge in [0.15, 0.2) is 11.6 Å². The van der Waals surface area contributed by atoms with Crippen LogP contribution in [0.4, 0.5) is 27.5 Å². The number of nitrogens with one attached hydrogen (secondary N) is 2. The normalized spacial score (nSPS) is 11.8. The molecule has 8 nitrogen and oxygen atoms in total. The number of halogens is 2. The van der Waals surface area contributed by atoms with Crippen LogP contribution < -0.4 is 20.7 Å². The Morgan fingerprint density at radius 3 is 2.30 bits per heavy atom. The molecule has 2 aromatic heterocycles. The van der Waals surface area contributed by atoms with Gasteiger partial charge in [0.2, 0.25) is 5.95 Å². The van der Waals surface area contributed by atoms with Crippen LogP contribution in [0.15, 0.2) is 77.7 Å². The number of hydrogen-bond donors (Lipinski definition) is 2. The molecule has 0 unspecified atom stereocenters. The summed E-state index contributed by atoms with van der Waals surface area (Å²) in [6.45, 7) is 9.36. The van der Waals surface area contributed by atoms with Gasteiger partial charge in [-0.3, -0.25) is 4.68 Å². The second kappa shape index (κ2) is 12.2. The fraction of sp³-hybridized carbons (Fsp3) is 0.242. The van der Waals surface area contributed by atoms with E-state index in [9.17, 15) is 4.57 Å². The Balaban J connectivity index is 1.55. The largest absolute Gasteiger partial charge is 0.492 e. The van der Waals surface area contributed by atoms with Gasteiger partial charge in [0.05, 0.1) is 29.2 Å². The van der Waals surface area contributed by atoms with E-state index < -0.39 is 18.4 Å². The zero-order valence-electron chi connectivity index (χ0n) is 25.7. The summed E-state index contributed by atoms with van der Waals surface area (Å²) in [6.07, 6.45) is 5.15. The van der Waals surface area contributed by atoms with E-state index in [2.05, 4.69) is 41.6 Å². The highest BCUT2D eigenvalue weighted by atomic mass is 79.9. The van der Waals surface area contributed by atoms with Gasteiger partial charge in [-0.25, -0.2) is 9.37 Å². The lowest BCUT2D eigenvalue weighted by molar-refractivity contribution is 0.381. The number of anilines is 4. The molecule has 5 rings (SSSR count). The zero-order valence-corrected chi connectivity index (χ0v) is 28.2. The maximum absolute atomic E-state index is 16.1. The summed E-state index contributed by atoms with van der Waals surface area (Å²) in [6, 6.07) is 17.6. The van der Waals surface area contributed by atoms with Crippen LogP contribution in [0, 0.1) is 5.82 Å². The summed E-state index contributed by atoms with van der Waals surface area (Å²) in [5.74, 6) is 0.250. The number of methoxy groups -OCH3 is 1. The summed E-state index contributed by atoms with van der Waals surface area (Å²) < 4.78 is 37.4. The van der Waals surface area contributed by atoms with Crippen molar-refractivity contribution >= 4 is 51.5 Å². The standard InChI is InChI=1S/C33H35BrFN6O2P/c1-33(2,3)28-23(22-17-37-41(4)19-22)16-26(30(43-5)29(28)35)39-32-36-18-24(34)31(40-32)38-25-14-13-21(15-27(25)44(6,7)42)20-11-9-8-10-12-20/h8-19H,1-7H3,(H2,36,38,39,40). The molecule has 0 saturated heterocycles. The van der Waals surface area contributed by atoms with Gasteiger partial charge in [0, 0.05) is 35.9 Å². The molecule has 11 heteroatoms. The molecule has 0 spiro atoms. The minimum atomic E-state index is -2.69. The molecule has 0 aliphatic carbocycles. The molecular weight excluding hydrogens is 642 g/mol. The van der Waals surface area contributed by atoms with Crippen molar-refractivity contribution in [2.24, 2.45) is 7.05 Å². The van der Waals surface area contributed by atoms with Gasteiger partial charge < -0.3 is 19.9 Å². The molecule has 5 aromatic rings. The third-order valence-electron chi connectivity index (χ3n) is 7.12. The molecule has 0 radical (unpaired) electrons. The van der Waals surface area contributed by atoms with Gasteiger partial charge >= 0.3 is 0 Å². The molecule has 2 N–H and O–H groups in total. The first kappa shape index (κ1) is 31.4. The van der Waals surface area contributed by atoms with Crippen molar-refractivity contribution in [1.82, 2.24) is 19.7 Å². The van der Waals surface area contributed by atoms with E-state index in [0.29, 0.717) is 38.1 Å². The Labute approximate surface area is 265 Å². The highest BCUT2D eigenvalue weighted by Gasteiger charge is 2.29. The first-order valence-electron chi connectivity index (χ1n) is 14.0. The minimum Gasteiger partial charge on any atom is -0.492 e. The third kappa shape index (κ3) is 6.56. The first-order valence-corrected chi connectivity index (χ1v) is 17.4. The highest BCUT2D eigenvalue weighted by molar-refractivity contribution is 9.10. The number of rotatable bonds is 8. The van der Waals surface area contributed by atoms with Gasteiger partial charge in [0.25, 0.3) is 0 Å². The van der Waals surface area contributed by atoms with E-state index in [-0.39, 0.29) is 11.7 Å². The van der Waals surface area contributed by atoms with Crippen LogP contribution in [0.5, 0.6) is 5.75 Å². The van der Waals surface area contributed by atoms with Gasteiger partial charge in [-0.2, -0.15) is 10.1 Å². The first-order chi connectivity index (χ1) is 20.8. The van der Waals surface area contributed by atoms with Gasteiger partial charge in [-0.1, -0.05) is 57.2 Å². The van der Waals surface area contributed by atoms with E-state index in [1.165, 1.54) is 7.11 Å². The molecular formula is C33H35BrFN6O2P. The maximum atomic E-state index is 16.1. The van der Waals surface area contributed by atoms with Gasteiger partial charge in [-0.15, -0.1) is 0 Å². The Kier molecular flexibility index (Phi) is 8.69. The molecule has 0 saturated carbocycles. The van der Waals surface area contributed by atoms with Crippen LogP contribution in [0.2, 0.25) is 0 Å². The number of hydrogen-bond acceptors (Lipinski definition) is 7. The van der Waals surface area contributed by atoms with Crippen molar-refractivity contribution in [1.29, 1.82) is 0 Å². The third-order valence-corrected chi connectivity index (χ3v) is 9.23. The number of aromatic nitrogens is 4.